The Kier molecular flexibility index (Phi) is 2.40. The molecule has 2 aromatic heterocycles. The molecule has 2 heterocycles. The van der Waals surface area contributed by atoms with Gasteiger partial charge in [0.05, 0.1) is 17.8 Å². The lowest BCUT2D eigenvalue weighted by Crippen LogP contribution is -1.92. The summed E-state index contributed by atoms with van der Waals surface area (Å²) in [5.41, 5.74) is 11.4. The molecule has 0 saturated heterocycles. The Labute approximate surface area is 103 Å². The van der Waals surface area contributed by atoms with Crippen molar-refractivity contribution in [3.63, 3.8) is 0 Å². The molecule has 0 N–H and O–H groups in total. The zero-order valence-electron chi connectivity index (χ0n) is 9.61. The van der Waals surface area contributed by atoms with E-state index in [1.807, 2.05) is 22.9 Å². The summed E-state index contributed by atoms with van der Waals surface area (Å²) in [5, 5.41) is 12.6. The van der Waals surface area contributed by atoms with Crippen LogP contribution in [0.5, 0.6) is 0 Å². The molecular weight excluding hydrogens is 228 g/mol. The van der Waals surface area contributed by atoms with Crippen molar-refractivity contribution in [1.29, 1.82) is 5.26 Å². The number of fused-ring (bicyclic) bond motifs is 1. The highest BCUT2D eigenvalue weighted by Crippen LogP contribution is 2.40. The van der Waals surface area contributed by atoms with Crippen molar-refractivity contribution in [2.24, 2.45) is 5.11 Å². The predicted molar refractivity (Wildman–Crippen MR) is 64.7 cm³/mol. The molecule has 1 aliphatic carbocycles. The van der Waals surface area contributed by atoms with E-state index in [2.05, 4.69) is 21.1 Å². The number of nitrogens with zero attached hydrogens (tertiary/aromatic N) is 6. The molecule has 0 unspecified atom stereocenters. The minimum atomic E-state index is 0.210. The number of azide groups is 1. The van der Waals surface area contributed by atoms with E-state index >= 15 is 0 Å². The van der Waals surface area contributed by atoms with Gasteiger partial charge in [0.15, 0.2) is 5.65 Å². The standard InChI is InChI=1S/C12H10N6/c13-4-9-3-10(8-1-2-8)6-18-7-11(5-15-17-14)16-12(9)18/h3,6-8H,1-2,5H2. The van der Waals surface area contributed by atoms with E-state index in [0.29, 0.717) is 22.8 Å². The van der Waals surface area contributed by atoms with E-state index in [4.69, 9.17) is 10.8 Å². The van der Waals surface area contributed by atoms with Gasteiger partial charge < -0.3 is 4.40 Å². The smallest absolute Gasteiger partial charge is 0.154 e. The highest BCUT2D eigenvalue weighted by Gasteiger charge is 2.25. The Morgan fingerprint density at radius 1 is 1.56 bits per heavy atom. The first-order chi connectivity index (χ1) is 8.81. The molecule has 0 atom stereocenters. The van der Waals surface area contributed by atoms with Crippen LogP contribution in [0.1, 0.15) is 35.6 Å². The van der Waals surface area contributed by atoms with Crippen LogP contribution in [0.15, 0.2) is 23.6 Å². The number of rotatable bonds is 3. The fourth-order valence-corrected chi connectivity index (χ4v) is 2.07. The molecular formula is C12H10N6. The second-order valence-corrected chi connectivity index (χ2v) is 4.43. The summed E-state index contributed by atoms with van der Waals surface area (Å²) in [6, 6.07) is 4.09. The van der Waals surface area contributed by atoms with Gasteiger partial charge in [0.1, 0.15) is 6.07 Å². The monoisotopic (exact) mass is 238 g/mol. The highest BCUT2D eigenvalue weighted by molar-refractivity contribution is 5.57. The summed E-state index contributed by atoms with van der Waals surface area (Å²) in [6.07, 6.45) is 6.21. The van der Waals surface area contributed by atoms with Crippen molar-refractivity contribution in [2.45, 2.75) is 25.3 Å². The van der Waals surface area contributed by atoms with Crippen molar-refractivity contribution >= 4 is 5.65 Å². The Balaban J connectivity index is 2.13. The van der Waals surface area contributed by atoms with Gasteiger partial charge in [-0.15, -0.1) is 0 Å². The third-order valence-electron chi connectivity index (χ3n) is 3.09. The van der Waals surface area contributed by atoms with Crippen LogP contribution >= 0.6 is 0 Å². The second-order valence-electron chi connectivity index (χ2n) is 4.43. The van der Waals surface area contributed by atoms with Crippen LogP contribution in [-0.2, 0) is 6.54 Å². The zero-order chi connectivity index (χ0) is 12.5. The normalized spacial score (nSPS) is 14.2. The van der Waals surface area contributed by atoms with Gasteiger partial charge in [-0.2, -0.15) is 5.26 Å². The van der Waals surface area contributed by atoms with Gasteiger partial charge >= 0.3 is 0 Å². The number of hydrogen-bond donors (Lipinski definition) is 0. The summed E-state index contributed by atoms with van der Waals surface area (Å²) in [5.74, 6) is 0.587. The van der Waals surface area contributed by atoms with Gasteiger partial charge in [-0.1, -0.05) is 5.11 Å². The fraction of sp³-hybridized carbons (Fsp3) is 0.333. The summed E-state index contributed by atoms with van der Waals surface area (Å²) in [4.78, 5) is 7.03. The van der Waals surface area contributed by atoms with Crippen molar-refractivity contribution in [1.82, 2.24) is 9.38 Å². The van der Waals surface area contributed by atoms with E-state index in [9.17, 15) is 0 Å². The van der Waals surface area contributed by atoms with Gasteiger partial charge in [0.25, 0.3) is 0 Å². The molecule has 6 heteroatoms. The molecule has 3 rings (SSSR count). The van der Waals surface area contributed by atoms with Crippen molar-refractivity contribution < 1.29 is 0 Å². The maximum Gasteiger partial charge on any atom is 0.154 e. The minimum absolute atomic E-state index is 0.210. The maximum atomic E-state index is 9.16. The number of pyridine rings is 1. The molecule has 0 aliphatic heterocycles. The van der Waals surface area contributed by atoms with E-state index in [1.165, 1.54) is 18.4 Å². The van der Waals surface area contributed by atoms with Crippen LogP contribution < -0.4 is 0 Å². The summed E-state index contributed by atoms with van der Waals surface area (Å²) >= 11 is 0. The highest BCUT2D eigenvalue weighted by atomic mass is 15.1. The second kappa shape index (κ2) is 4.06. The first-order valence-electron chi connectivity index (χ1n) is 5.74. The zero-order valence-corrected chi connectivity index (χ0v) is 9.61. The number of imidazole rings is 1. The van der Waals surface area contributed by atoms with Gasteiger partial charge in [0.2, 0.25) is 0 Å². The average molecular weight is 238 g/mol. The summed E-state index contributed by atoms with van der Waals surface area (Å²) in [6.45, 7) is 0.210. The quantitative estimate of drug-likeness (QED) is 0.467. The molecule has 2 aromatic rings. The third-order valence-corrected chi connectivity index (χ3v) is 3.09. The predicted octanol–water partition coefficient (Wildman–Crippen LogP) is 2.89. The van der Waals surface area contributed by atoms with Crippen LogP contribution in [0.25, 0.3) is 16.1 Å². The van der Waals surface area contributed by atoms with Crippen LogP contribution in [0.2, 0.25) is 0 Å². The molecule has 6 nitrogen and oxygen atoms in total. The largest absolute Gasteiger partial charge is 0.305 e. The molecule has 1 aliphatic rings. The van der Waals surface area contributed by atoms with Crippen molar-refractivity contribution in [2.75, 3.05) is 0 Å². The number of hydrogen-bond acceptors (Lipinski definition) is 3. The van der Waals surface area contributed by atoms with E-state index < -0.39 is 0 Å². The van der Waals surface area contributed by atoms with Gasteiger partial charge in [-0.3, -0.25) is 0 Å². The SMILES string of the molecule is N#Cc1cc(C2CC2)cn2cc(CN=[N+]=[N-])nc12. The van der Waals surface area contributed by atoms with Crippen molar-refractivity contribution in [3.05, 3.63) is 45.7 Å². The van der Waals surface area contributed by atoms with E-state index in [1.54, 1.807) is 0 Å². The lowest BCUT2D eigenvalue weighted by Gasteiger charge is -2.01. The molecule has 88 valence electrons. The van der Waals surface area contributed by atoms with Gasteiger partial charge in [-0.25, -0.2) is 4.98 Å². The van der Waals surface area contributed by atoms with Crippen LogP contribution in [0.4, 0.5) is 0 Å². The van der Waals surface area contributed by atoms with Crippen LogP contribution in [-0.4, -0.2) is 9.38 Å². The Bertz CT molecular complexity index is 697. The topological polar surface area (TPSA) is 89.9 Å². The molecule has 0 radical (unpaired) electrons. The first kappa shape index (κ1) is 10.6. The number of nitriles is 1. The molecule has 0 spiro atoms. The fourth-order valence-electron chi connectivity index (χ4n) is 2.07. The minimum Gasteiger partial charge on any atom is -0.305 e. The lowest BCUT2D eigenvalue weighted by molar-refractivity contribution is 0.996. The number of aromatic nitrogens is 2. The lowest BCUT2D eigenvalue weighted by atomic mass is 10.1. The van der Waals surface area contributed by atoms with Gasteiger partial charge in [0, 0.05) is 17.3 Å². The Hall–Kier alpha value is -2.51. The molecule has 0 amide bonds. The maximum absolute atomic E-state index is 9.16. The average Bonchev–Trinajstić information content (AvgIpc) is 3.15. The molecule has 1 fully saturated rings. The summed E-state index contributed by atoms with van der Waals surface area (Å²) < 4.78 is 1.86. The summed E-state index contributed by atoms with van der Waals surface area (Å²) in [7, 11) is 0. The Morgan fingerprint density at radius 3 is 3.06 bits per heavy atom. The van der Waals surface area contributed by atoms with Crippen LogP contribution in [0.3, 0.4) is 0 Å². The Morgan fingerprint density at radius 2 is 2.39 bits per heavy atom. The molecule has 0 aromatic carbocycles. The molecule has 0 bridgehead atoms. The van der Waals surface area contributed by atoms with E-state index in [-0.39, 0.29) is 6.54 Å². The molecule has 18 heavy (non-hydrogen) atoms. The first-order valence-corrected chi connectivity index (χ1v) is 5.74. The van der Waals surface area contributed by atoms with Crippen molar-refractivity contribution in [3.8, 4) is 6.07 Å². The van der Waals surface area contributed by atoms with E-state index in [0.717, 1.165) is 0 Å². The van der Waals surface area contributed by atoms with Crippen LogP contribution in [0, 0.1) is 11.3 Å². The molecule has 1 saturated carbocycles. The third kappa shape index (κ3) is 1.77. The van der Waals surface area contributed by atoms with Gasteiger partial charge in [-0.05, 0) is 35.9 Å².